The van der Waals surface area contributed by atoms with Gasteiger partial charge in [0.15, 0.2) is 6.29 Å². The molecule has 1 fully saturated rings. The van der Waals surface area contributed by atoms with E-state index in [0.29, 0.717) is 12.5 Å². The molecule has 1 aliphatic rings. The highest BCUT2D eigenvalue weighted by Crippen LogP contribution is 2.22. The summed E-state index contributed by atoms with van der Waals surface area (Å²) >= 11 is 5.46. The van der Waals surface area contributed by atoms with E-state index in [4.69, 9.17) is 30.9 Å². The molecule has 1 aliphatic heterocycles. The average molecular weight is 328 g/mol. The van der Waals surface area contributed by atoms with Crippen LogP contribution < -0.4 is 5.32 Å². The van der Waals surface area contributed by atoms with Crippen molar-refractivity contribution in [2.24, 2.45) is 0 Å². The maximum absolute atomic E-state index is 11.2. The predicted octanol–water partition coefficient (Wildman–Crippen LogP) is -1.80. The first-order valence-electron chi connectivity index (χ1n) is 6.66. The molecule has 0 unspecified atom stereocenters. The molecule has 0 aliphatic carbocycles. The Bertz CT molecular complexity index is 320. The lowest BCUT2D eigenvalue weighted by Crippen LogP contribution is -2.64. The maximum Gasteiger partial charge on any atom is 0.217 e. The number of aliphatic hydroxyl groups excluding tert-OH is 3. The zero-order chi connectivity index (χ0) is 15.8. The Morgan fingerprint density at radius 3 is 2.57 bits per heavy atom. The van der Waals surface area contributed by atoms with Gasteiger partial charge in [0, 0.05) is 12.8 Å². The fourth-order valence-electron chi connectivity index (χ4n) is 1.99. The Morgan fingerprint density at radius 2 is 2.00 bits per heavy atom. The second-order valence-corrected chi connectivity index (χ2v) is 4.98. The van der Waals surface area contributed by atoms with E-state index >= 15 is 0 Å². The molecule has 4 N–H and O–H groups in total. The van der Waals surface area contributed by atoms with Crippen molar-refractivity contribution in [1.29, 1.82) is 0 Å². The third-order valence-electron chi connectivity index (χ3n) is 2.98. The van der Waals surface area contributed by atoms with Crippen LogP contribution in [0.25, 0.3) is 0 Å². The Balaban J connectivity index is 2.58. The van der Waals surface area contributed by atoms with E-state index in [9.17, 15) is 15.0 Å². The van der Waals surface area contributed by atoms with Gasteiger partial charge in [-0.2, -0.15) is 0 Å². The molecule has 1 saturated heterocycles. The summed E-state index contributed by atoms with van der Waals surface area (Å²) < 4.78 is 15.9. The number of halogens is 1. The van der Waals surface area contributed by atoms with Gasteiger partial charge in [-0.05, 0) is 0 Å². The zero-order valence-corrected chi connectivity index (χ0v) is 12.5. The highest BCUT2D eigenvalue weighted by molar-refractivity contribution is 6.17. The minimum absolute atomic E-state index is 0.151. The molecular weight excluding hydrogens is 306 g/mol. The number of amides is 1. The summed E-state index contributed by atoms with van der Waals surface area (Å²) in [6.45, 7) is 1.60. The number of alkyl halides is 1. The number of carbonyl (C=O) groups excluding carboxylic acids is 1. The molecule has 5 atom stereocenters. The topological polar surface area (TPSA) is 117 Å². The number of carbonyl (C=O) groups is 1. The summed E-state index contributed by atoms with van der Waals surface area (Å²) in [6, 6.07) is -0.937. The van der Waals surface area contributed by atoms with E-state index in [2.05, 4.69) is 5.32 Å². The van der Waals surface area contributed by atoms with Gasteiger partial charge in [-0.1, -0.05) is 0 Å². The number of nitrogens with one attached hydrogen (secondary N) is 1. The smallest absolute Gasteiger partial charge is 0.217 e. The Kier molecular flexibility index (Phi) is 8.42. The van der Waals surface area contributed by atoms with Crippen LogP contribution >= 0.6 is 11.6 Å². The van der Waals surface area contributed by atoms with Crippen LogP contribution in [-0.2, 0) is 19.0 Å². The minimum Gasteiger partial charge on any atom is -0.394 e. The van der Waals surface area contributed by atoms with Crippen LogP contribution in [0.15, 0.2) is 0 Å². The van der Waals surface area contributed by atoms with E-state index in [1.165, 1.54) is 6.92 Å². The largest absolute Gasteiger partial charge is 0.394 e. The van der Waals surface area contributed by atoms with Crippen molar-refractivity contribution in [2.75, 3.05) is 32.3 Å². The standard InChI is InChI=1S/C12H22ClNO7/c1-7(16)14-9-11(18)10(17)8(6-15)21-12(9)20-5-4-19-3-2-13/h8-12,15,17-18H,2-6H2,1H3,(H,14,16)/t8-,9+,10+,11-,12-/m1/s1. The molecule has 0 aromatic rings. The van der Waals surface area contributed by atoms with E-state index in [1.54, 1.807) is 0 Å². The number of aliphatic hydroxyl groups is 3. The van der Waals surface area contributed by atoms with Crippen molar-refractivity contribution < 1.29 is 34.3 Å². The fraction of sp³-hybridized carbons (Fsp3) is 0.917. The van der Waals surface area contributed by atoms with Crippen LogP contribution in [0.1, 0.15) is 6.92 Å². The Labute approximate surface area is 127 Å². The predicted molar refractivity (Wildman–Crippen MR) is 72.9 cm³/mol. The highest BCUT2D eigenvalue weighted by atomic mass is 35.5. The minimum atomic E-state index is -1.32. The van der Waals surface area contributed by atoms with Gasteiger partial charge in [-0.3, -0.25) is 4.79 Å². The van der Waals surface area contributed by atoms with Crippen LogP contribution in [0.5, 0.6) is 0 Å². The van der Waals surface area contributed by atoms with E-state index in [0.717, 1.165) is 0 Å². The molecule has 0 spiro atoms. The number of hydrogen-bond acceptors (Lipinski definition) is 7. The third kappa shape index (κ3) is 5.67. The first-order chi connectivity index (χ1) is 10.0. The molecule has 124 valence electrons. The molecule has 1 heterocycles. The maximum atomic E-state index is 11.2. The SMILES string of the molecule is CC(=O)N[C@@H]1[C@H](OCCOCCCl)O[C@H](CO)[C@H](O)[C@@H]1O. The molecule has 1 amide bonds. The van der Waals surface area contributed by atoms with E-state index < -0.39 is 43.2 Å². The summed E-state index contributed by atoms with van der Waals surface area (Å²) in [5, 5.41) is 31.4. The van der Waals surface area contributed by atoms with Gasteiger partial charge >= 0.3 is 0 Å². The molecule has 0 saturated carbocycles. The molecular formula is C12H22ClNO7. The molecule has 1 rings (SSSR count). The van der Waals surface area contributed by atoms with Gasteiger partial charge in [0.2, 0.25) is 5.91 Å². The highest BCUT2D eigenvalue weighted by Gasteiger charge is 2.45. The molecule has 9 heteroatoms. The van der Waals surface area contributed by atoms with Crippen LogP contribution in [0.3, 0.4) is 0 Å². The van der Waals surface area contributed by atoms with Gasteiger partial charge < -0.3 is 34.8 Å². The normalized spacial score (nSPS) is 32.9. The Morgan fingerprint density at radius 1 is 1.29 bits per heavy atom. The van der Waals surface area contributed by atoms with Crippen molar-refractivity contribution in [3.05, 3.63) is 0 Å². The number of ether oxygens (including phenoxy) is 3. The molecule has 21 heavy (non-hydrogen) atoms. The van der Waals surface area contributed by atoms with Crippen molar-refractivity contribution in [1.82, 2.24) is 5.32 Å². The van der Waals surface area contributed by atoms with Crippen LogP contribution in [0.4, 0.5) is 0 Å². The van der Waals surface area contributed by atoms with Gasteiger partial charge in [0.1, 0.15) is 24.4 Å². The quantitative estimate of drug-likeness (QED) is 0.307. The molecule has 8 nitrogen and oxygen atoms in total. The zero-order valence-electron chi connectivity index (χ0n) is 11.8. The van der Waals surface area contributed by atoms with Crippen molar-refractivity contribution >= 4 is 17.5 Å². The summed E-state index contributed by atoms with van der Waals surface area (Å²) in [5.74, 6) is -0.0318. The first kappa shape index (κ1) is 18.6. The summed E-state index contributed by atoms with van der Waals surface area (Å²) in [5.41, 5.74) is 0. The summed E-state index contributed by atoms with van der Waals surface area (Å²) in [4.78, 5) is 11.2. The number of rotatable bonds is 8. The van der Waals surface area contributed by atoms with Crippen LogP contribution in [0.2, 0.25) is 0 Å². The van der Waals surface area contributed by atoms with Crippen LogP contribution in [0, 0.1) is 0 Å². The molecule has 0 aromatic carbocycles. The second-order valence-electron chi connectivity index (χ2n) is 4.61. The van der Waals surface area contributed by atoms with E-state index in [-0.39, 0.29) is 13.2 Å². The number of hydrogen-bond donors (Lipinski definition) is 4. The first-order valence-corrected chi connectivity index (χ1v) is 7.19. The van der Waals surface area contributed by atoms with Gasteiger partial charge in [0.25, 0.3) is 0 Å². The molecule has 0 aromatic heterocycles. The van der Waals surface area contributed by atoms with E-state index in [1.807, 2.05) is 0 Å². The lowest BCUT2D eigenvalue weighted by molar-refractivity contribution is -0.271. The summed E-state index contributed by atoms with van der Waals surface area (Å²) in [7, 11) is 0. The van der Waals surface area contributed by atoms with Crippen molar-refractivity contribution in [3.8, 4) is 0 Å². The van der Waals surface area contributed by atoms with Crippen LogP contribution in [-0.4, -0.2) is 84.2 Å². The summed E-state index contributed by atoms with van der Waals surface area (Å²) in [6.07, 6.45) is -4.62. The third-order valence-corrected chi connectivity index (χ3v) is 3.14. The fourth-order valence-corrected chi connectivity index (χ4v) is 2.10. The average Bonchev–Trinajstić information content (AvgIpc) is 2.45. The molecule has 0 bridgehead atoms. The second kappa shape index (κ2) is 9.52. The lowest BCUT2D eigenvalue weighted by Gasteiger charge is -2.42. The van der Waals surface area contributed by atoms with Gasteiger partial charge in [-0.15, -0.1) is 11.6 Å². The van der Waals surface area contributed by atoms with Crippen molar-refractivity contribution in [3.63, 3.8) is 0 Å². The lowest BCUT2D eigenvalue weighted by atomic mass is 9.97. The monoisotopic (exact) mass is 327 g/mol. The Hall–Kier alpha value is -0.480. The van der Waals surface area contributed by atoms with Gasteiger partial charge in [0.05, 0.1) is 26.4 Å². The van der Waals surface area contributed by atoms with Crippen molar-refractivity contribution in [2.45, 2.75) is 37.6 Å². The van der Waals surface area contributed by atoms with Gasteiger partial charge in [-0.25, -0.2) is 0 Å². The molecule has 0 radical (unpaired) electrons.